The molecule has 0 saturated heterocycles. The van der Waals surface area contributed by atoms with Crippen LogP contribution in [0.4, 0.5) is 5.69 Å². The predicted molar refractivity (Wildman–Crippen MR) is 92.7 cm³/mol. The second kappa shape index (κ2) is 6.27. The van der Waals surface area contributed by atoms with E-state index in [9.17, 15) is 8.42 Å². The molecule has 5 nitrogen and oxygen atoms in total. The molecule has 24 heavy (non-hydrogen) atoms. The van der Waals surface area contributed by atoms with Gasteiger partial charge in [0.25, 0.3) is 0 Å². The summed E-state index contributed by atoms with van der Waals surface area (Å²) in [6.45, 7) is 1.70. The highest BCUT2D eigenvalue weighted by Gasteiger charge is 2.26. The average Bonchev–Trinajstić information content (AvgIpc) is 2.54. The molecule has 1 unspecified atom stereocenters. The highest BCUT2D eigenvalue weighted by Crippen LogP contribution is 2.32. The summed E-state index contributed by atoms with van der Waals surface area (Å²) in [5.41, 5.74) is 9.63. The standard InChI is InChI=1S/C18H19N3O2S/c1-12-9-13(11-19)5-8-18(12)24(22,23)21-17-4-2-3-14-10-15(20)6-7-16(14)17/h5-10,17,21H,2-4,20H2,1H3. The summed E-state index contributed by atoms with van der Waals surface area (Å²) in [4.78, 5) is 0.212. The normalized spacial score (nSPS) is 17.1. The van der Waals surface area contributed by atoms with Crippen LogP contribution in [0.5, 0.6) is 0 Å². The van der Waals surface area contributed by atoms with E-state index >= 15 is 0 Å². The number of fused-ring (bicyclic) bond motifs is 1. The Morgan fingerprint density at radius 3 is 2.75 bits per heavy atom. The van der Waals surface area contributed by atoms with Gasteiger partial charge >= 0.3 is 0 Å². The molecule has 1 aliphatic rings. The van der Waals surface area contributed by atoms with Gasteiger partial charge in [0.2, 0.25) is 10.0 Å². The molecule has 3 rings (SSSR count). The second-order valence-corrected chi connectivity index (χ2v) is 7.80. The first kappa shape index (κ1) is 16.5. The molecule has 0 aliphatic heterocycles. The molecule has 0 aromatic heterocycles. The summed E-state index contributed by atoms with van der Waals surface area (Å²) < 4.78 is 28.4. The highest BCUT2D eigenvalue weighted by molar-refractivity contribution is 7.89. The molecule has 0 spiro atoms. The fraction of sp³-hybridized carbons (Fsp3) is 0.278. The largest absolute Gasteiger partial charge is 0.399 e. The van der Waals surface area contributed by atoms with E-state index < -0.39 is 10.0 Å². The zero-order chi connectivity index (χ0) is 17.3. The van der Waals surface area contributed by atoms with Crippen molar-refractivity contribution in [3.05, 3.63) is 58.7 Å². The molecule has 0 saturated carbocycles. The van der Waals surface area contributed by atoms with Crippen LogP contribution in [0.1, 0.15) is 41.1 Å². The van der Waals surface area contributed by atoms with Crippen LogP contribution >= 0.6 is 0 Å². The Kier molecular flexibility index (Phi) is 4.31. The number of nitrogens with two attached hydrogens (primary N) is 1. The number of hydrogen-bond acceptors (Lipinski definition) is 4. The van der Waals surface area contributed by atoms with Crippen LogP contribution in [0.3, 0.4) is 0 Å². The third-order valence-corrected chi connectivity index (χ3v) is 6.00. The predicted octanol–water partition coefficient (Wildman–Crippen LogP) is 2.80. The van der Waals surface area contributed by atoms with E-state index in [4.69, 9.17) is 11.0 Å². The van der Waals surface area contributed by atoms with Crippen molar-refractivity contribution in [3.63, 3.8) is 0 Å². The van der Waals surface area contributed by atoms with Crippen LogP contribution in [0.25, 0.3) is 0 Å². The Hall–Kier alpha value is -2.36. The first-order valence-corrected chi connectivity index (χ1v) is 9.30. The van der Waals surface area contributed by atoms with Crippen molar-refractivity contribution in [2.75, 3.05) is 5.73 Å². The SMILES string of the molecule is Cc1cc(C#N)ccc1S(=O)(=O)NC1CCCc2cc(N)ccc21. The van der Waals surface area contributed by atoms with E-state index in [0.29, 0.717) is 16.8 Å². The van der Waals surface area contributed by atoms with Gasteiger partial charge in [-0.2, -0.15) is 5.26 Å². The molecule has 0 fully saturated rings. The minimum absolute atomic E-state index is 0.212. The number of nitrogen functional groups attached to an aromatic ring is 1. The van der Waals surface area contributed by atoms with Crippen molar-refractivity contribution in [1.29, 1.82) is 5.26 Å². The first-order chi connectivity index (χ1) is 11.4. The van der Waals surface area contributed by atoms with E-state index in [0.717, 1.165) is 30.4 Å². The number of sulfonamides is 1. The Bertz CT molecular complexity index is 930. The number of nitrogens with zero attached hydrogens (tertiary/aromatic N) is 1. The van der Waals surface area contributed by atoms with Gasteiger partial charge in [0.1, 0.15) is 0 Å². The zero-order valence-corrected chi connectivity index (χ0v) is 14.2. The molecule has 3 N–H and O–H groups in total. The van der Waals surface area contributed by atoms with E-state index in [2.05, 4.69) is 4.72 Å². The highest BCUT2D eigenvalue weighted by atomic mass is 32.2. The van der Waals surface area contributed by atoms with Gasteiger partial charge in [-0.15, -0.1) is 0 Å². The molecule has 0 heterocycles. The quantitative estimate of drug-likeness (QED) is 0.839. The van der Waals surface area contributed by atoms with E-state index in [-0.39, 0.29) is 10.9 Å². The van der Waals surface area contributed by atoms with E-state index in [1.165, 1.54) is 12.1 Å². The molecule has 1 aliphatic carbocycles. The molecule has 1 atom stereocenters. The van der Waals surface area contributed by atoms with Gasteiger partial charge in [0, 0.05) is 11.7 Å². The van der Waals surface area contributed by atoms with Gasteiger partial charge in [0.15, 0.2) is 0 Å². The molecule has 0 radical (unpaired) electrons. The fourth-order valence-electron chi connectivity index (χ4n) is 3.23. The van der Waals surface area contributed by atoms with Crippen molar-refractivity contribution < 1.29 is 8.42 Å². The lowest BCUT2D eigenvalue weighted by molar-refractivity contribution is 0.507. The van der Waals surface area contributed by atoms with Crippen LogP contribution in [-0.2, 0) is 16.4 Å². The fourth-order valence-corrected chi connectivity index (χ4v) is 4.70. The summed E-state index contributed by atoms with van der Waals surface area (Å²) in [6, 6.07) is 12.0. The van der Waals surface area contributed by atoms with Crippen LogP contribution in [0.15, 0.2) is 41.3 Å². The zero-order valence-electron chi connectivity index (χ0n) is 13.4. The number of hydrogen-bond donors (Lipinski definition) is 2. The summed E-state index contributed by atoms with van der Waals surface area (Å²) >= 11 is 0. The molecule has 6 heteroatoms. The number of benzene rings is 2. The smallest absolute Gasteiger partial charge is 0.241 e. The van der Waals surface area contributed by atoms with Crippen LogP contribution in [0.2, 0.25) is 0 Å². The maximum Gasteiger partial charge on any atom is 0.241 e. The van der Waals surface area contributed by atoms with Crippen molar-refractivity contribution in [1.82, 2.24) is 4.72 Å². The minimum atomic E-state index is -3.66. The van der Waals surface area contributed by atoms with Crippen molar-refractivity contribution in [2.45, 2.75) is 37.1 Å². The number of nitriles is 1. The molecule has 2 aromatic rings. The maximum absolute atomic E-state index is 12.8. The van der Waals surface area contributed by atoms with Crippen molar-refractivity contribution in [2.24, 2.45) is 0 Å². The Morgan fingerprint density at radius 2 is 2.04 bits per heavy atom. The Morgan fingerprint density at radius 1 is 1.25 bits per heavy atom. The molecular formula is C18H19N3O2S. The monoisotopic (exact) mass is 341 g/mol. The molecule has 124 valence electrons. The summed E-state index contributed by atoms with van der Waals surface area (Å²) in [7, 11) is -3.66. The third kappa shape index (κ3) is 3.14. The number of aryl methyl sites for hydroxylation is 2. The lowest BCUT2D eigenvalue weighted by atomic mass is 9.88. The summed E-state index contributed by atoms with van der Waals surface area (Å²) in [5.74, 6) is 0. The Labute approximate surface area is 142 Å². The van der Waals surface area contributed by atoms with Crippen molar-refractivity contribution >= 4 is 15.7 Å². The van der Waals surface area contributed by atoms with Gasteiger partial charge in [-0.3, -0.25) is 0 Å². The van der Waals surface area contributed by atoms with Crippen molar-refractivity contribution in [3.8, 4) is 6.07 Å². The molecule has 0 bridgehead atoms. The van der Waals surface area contributed by atoms with E-state index in [1.54, 1.807) is 19.1 Å². The lowest BCUT2D eigenvalue weighted by Crippen LogP contribution is -2.31. The van der Waals surface area contributed by atoms with Gasteiger partial charge in [-0.05, 0) is 73.2 Å². The van der Waals surface area contributed by atoms with Gasteiger partial charge in [-0.25, -0.2) is 13.1 Å². The lowest BCUT2D eigenvalue weighted by Gasteiger charge is -2.26. The average molecular weight is 341 g/mol. The number of rotatable bonds is 3. The van der Waals surface area contributed by atoms with Crippen LogP contribution < -0.4 is 10.5 Å². The molecule has 0 amide bonds. The maximum atomic E-state index is 12.8. The third-order valence-electron chi connectivity index (χ3n) is 4.37. The summed E-state index contributed by atoms with van der Waals surface area (Å²) in [6.07, 6.45) is 2.58. The van der Waals surface area contributed by atoms with Gasteiger partial charge < -0.3 is 5.73 Å². The van der Waals surface area contributed by atoms with Crippen LogP contribution in [-0.4, -0.2) is 8.42 Å². The molecule has 2 aromatic carbocycles. The Balaban J connectivity index is 1.93. The second-order valence-electron chi connectivity index (χ2n) is 6.12. The first-order valence-electron chi connectivity index (χ1n) is 7.82. The number of anilines is 1. The molecular weight excluding hydrogens is 322 g/mol. The van der Waals surface area contributed by atoms with Gasteiger partial charge in [0.05, 0.1) is 16.5 Å². The number of nitrogens with one attached hydrogen (secondary N) is 1. The van der Waals surface area contributed by atoms with E-state index in [1.807, 2.05) is 18.2 Å². The minimum Gasteiger partial charge on any atom is -0.399 e. The topological polar surface area (TPSA) is 96.0 Å². The van der Waals surface area contributed by atoms with Crippen LogP contribution in [0, 0.1) is 18.3 Å². The summed E-state index contributed by atoms with van der Waals surface area (Å²) in [5, 5.41) is 8.92. The van der Waals surface area contributed by atoms with Gasteiger partial charge in [-0.1, -0.05) is 6.07 Å².